The van der Waals surface area contributed by atoms with Gasteiger partial charge in [0.1, 0.15) is 5.76 Å². The minimum atomic E-state index is -2.03. The van der Waals surface area contributed by atoms with Gasteiger partial charge in [-0.1, -0.05) is 31.9 Å². The molecule has 0 bridgehead atoms. The zero-order valence-corrected chi connectivity index (χ0v) is 13.7. The van der Waals surface area contributed by atoms with E-state index in [-0.39, 0.29) is 23.5 Å². The Morgan fingerprint density at radius 3 is 2.68 bits per heavy atom. The van der Waals surface area contributed by atoms with Crippen LogP contribution in [-0.4, -0.2) is 21.1 Å². The lowest BCUT2D eigenvalue weighted by Gasteiger charge is -2.55. The van der Waals surface area contributed by atoms with E-state index in [1.807, 2.05) is 0 Å². The minimum absolute atomic E-state index is 0.202. The molecule has 0 aromatic rings. The van der Waals surface area contributed by atoms with Gasteiger partial charge in [-0.3, -0.25) is 0 Å². The molecule has 0 radical (unpaired) electrons. The highest BCUT2D eigenvalue weighted by Gasteiger charge is 2.56. The molecule has 5 atom stereocenters. The molecule has 3 N–H and O–H groups in total. The molecule has 0 unspecified atom stereocenters. The average molecular weight is 304 g/mol. The minimum Gasteiger partial charge on any atom is -0.507 e. The van der Waals surface area contributed by atoms with Gasteiger partial charge in [0.25, 0.3) is 0 Å². The Balaban J connectivity index is 1.77. The van der Waals surface area contributed by atoms with Gasteiger partial charge in [0.05, 0.1) is 0 Å². The lowest BCUT2D eigenvalue weighted by atomic mass is 9.50. The van der Waals surface area contributed by atoms with E-state index in [2.05, 4.69) is 19.9 Å². The van der Waals surface area contributed by atoms with Crippen LogP contribution in [0.5, 0.6) is 0 Å². The van der Waals surface area contributed by atoms with Crippen LogP contribution < -0.4 is 0 Å². The van der Waals surface area contributed by atoms with E-state index >= 15 is 0 Å². The van der Waals surface area contributed by atoms with Gasteiger partial charge in [-0.15, -0.1) is 0 Å². The van der Waals surface area contributed by atoms with Gasteiger partial charge in [0, 0.05) is 11.8 Å². The van der Waals surface area contributed by atoms with Crippen LogP contribution in [0.2, 0.25) is 0 Å². The number of fused-ring (bicyclic) bond motifs is 5. The average Bonchev–Trinajstić information content (AvgIpc) is 2.82. The van der Waals surface area contributed by atoms with Crippen LogP contribution in [0.1, 0.15) is 58.8 Å². The second-order valence-corrected chi connectivity index (χ2v) is 8.73. The normalized spacial score (nSPS) is 49.5. The molecule has 3 nitrogen and oxygen atoms in total. The standard InChI is InChI=1S/C19H28O3/c1-17-8-3-4-14(17)13-6-5-12-10-19(21,22)16(20)11-18(12,2)15(13)7-9-17/h7,11-14,20-22H,3-6,8-10H2,1-2H3/t12-,13+,14+,17+,18+/m1/s1. The Morgan fingerprint density at radius 2 is 1.91 bits per heavy atom. The zero-order chi connectivity index (χ0) is 15.8. The van der Waals surface area contributed by atoms with Crippen LogP contribution in [-0.2, 0) is 0 Å². The van der Waals surface area contributed by atoms with Crippen molar-refractivity contribution < 1.29 is 15.3 Å². The summed E-state index contributed by atoms with van der Waals surface area (Å²) in [7, 11) is 0. The number of aliphatic hydroxyl groups excluding tert-OH is 1. The Bertz CT molecular complexity index is 561. The molecule has 22 heavy (non-hydrogen) atoms. The van der Waals surface area contributed by atoms with Crippen LogP contribution in [0.25, 0.3) is 0 Å². The van der Waals surface area contributed by atoms with Gasteiger partial charge in [-0.25, -0.2) is 0 Å². The van der Waals surface area contributed by atoms with Crippen molar-refractivity contribution in [1.29, 1.82) is 0 Å². The van der Waals surface area contributed by atoms with E-state index in [1.54, 1.807) is 6.08 Å². The first-order valence-corrected chi connectivity index (χ1v) is 8.84. The molecule has 0 aliphatic heterocycles. The van der Waals surface area contributed by atoms with E-state index in [1.165, 1.54) is 24.8 Å². The largest absolute Gasteiger partial charge is 0.507 e. The van der Waals surface area contributed by atoms with Crippen molar-refractivity contribution in [2.45, 2.75) is 64.6 Å². The summed E-state index contributed by atoms with van der Waals surface area (Å²) in [5, 5.41) is 30.1. The molecule has 0 heterocycles. The van der Waals surface area contributed by atoms with Crippen LogP contribution in [0, 0.1) is 28.6 Å². The number of hydrogen-bond donors (Lipinski definition) is 3. The fourth-order valence-corrected chi connectivity index (χ4v) is 6.17. The van der Waals surface area contributed by atoms with Gasteiger partial charge in [-0.05, 0) is 61.3 Å². The quantitative estimate of drug-likeness (QED) is 0.472. The lowest BCUT2D eigenvalue weighted by Crippen LogP contribution is -2.50. The lowest BCUT2D eigenvalue weighted by molar-refractivity contribution is -0.181. The monoisotopic (exact) mass is 304 g/mol. The van der Waals surface area contributed by atoms with Crippen LogP contribution in [0.15, 0.2) is 23.5 Å². The van der Waals surface area contributed by atoms with Crippen molar-refractivity contribution in [3.8, 4) is 0 Å². The van der Waals surface area contributed by atoms with Gasteiger partial charge < -0.3 is 15.3 Å². The molecule has 2 fully saturated rings. The summed E-state index contributed by atoms with van der Waals surface area (Å²) in [6.45, 7) is 4.64. The third-order valence-corrected chi connectivity index (χ3v) is 7.51. The summed E-state index contributed by atoms with van der Waals surface area (Å²) >= 11 is 0. The first-order chi connectivity index (χ1) is 10.3. The van der Waals surface area contributed by atoms with Crippen molar-refractivity contribution >= 4 is 0 Å². The zero-order valence-electron chi connectivity index (χ0n) is 13.7. The molecule has 4 aliphatic rings. The summed E-state index contributed by atoms with van der Waals surface area (Å²) in [4.78, 5) is 0. The Labute approximate surface area is 132 Å². The number of hydrogen-bond acceptors (Lipinski definition) is 3. The van der Waals surface area contributed by atoms with Crippen LogP contribution in [0.3, 0.4) is 0 Å². The van der Waals surface area contributed by atoms with Crippen LogP contribution in [0.4, 0.5) is 0 Å². The van der Waals surface area contributed by atoms with Gasteiger partial charge in [0.15, 0.2) is 0 Å². The van der Waals surface area contributed by atoms with E-state index in [9.17, 15) is 15.3 Å². The van der Waals surface area contributed by atoms with Crippen molar-refractivity contribution in [1.82, 2.24) is 0 Å². The molecule has 0 amide bonds. The molecule has 0 saturated heterocycles. The summed E-state index contributed by atoms with van der Waals surface area (Å²) in [6, 6.07) is 0. The van der Waals surface area contributed by atoms with Crippen molar-refractivity contribution in [3.63, 3.8) is 0 Å². The van der Waals surface area contributed by atoms with Gasteiger partial charge >= 0.3 is 0 Å². The van der Waals surface area contributed by atoms with E-state index in [0.29, 0.717) is 11.3 Å². The maximum atomic E-state index is 10.1. The third-order valence-electron chi connectivity index (χ3n) is 7.51. The topological polar surface area (TPSA) is 60.7 Å². The van der Waals surface area contributed by atoms with Gasteiger partial charge in [-0.2, -0.15) is 0 Å². The first kappa shape index (κ1) is 14.8. The molecule has 4 rings (SSSR count). The molecule has 3 heteroatoms. The number of rotatable bonds is 0. The summed E-state index contributed by atoms with van der Waals surface area (Å²) in [6.07, 6.45) is 11.8. The van der Waals surface area contributed by atoms with Crippen molar-refractivity contribution in [3.05, 3.63) is 23.5 Å². The molecular formula is C19H28O3. The smallest absolute Gasteiger partial charge is 0.222 e. The summed E-state index contributed by atoms with van der Waals surface area (Å²) in [5.74, 6) is -0.680. The molecule has 4 aliphatic carbocycles. The fraction of sp³-hybridized carbons (Fsp3) is 0.789. The van der Waals surface area contributed by atoms with Gasteiger partial charge in [0.2, 0.25) is 5.79 Å². The molecule has 2 saturated carbocycles. The second-order valence-electron chi connectivity index (χ2n) is 8.73. The Morgan fingerprint density at radius 1 is 1.14 bits per heavy atom. The third kappa shape index (κ3) is 1.81. The SMILES string of the molecule is C[C@]12CC=C3[C@@H](CC[C@@H]4CC(O)(O)C(O)=C[C@]34C)[C@@H]1CCC2. The predicted octanol–water partition coefficient (Wildman–Crippen LogP) is 3.68. The Hall–Kier alpha value is -0.800. The maximum absolute atomic E-state index is 10.1. The molecule has 0 aromatic carbocycles. The predicted molar refractivity (Wildman–Crippen MR) is 85.0 cm³/mol. The number of aliphatic hydroxyl groups is 3. The molecule has 0 aromatic heterocycles. The van der Waals surface area contributed by atoms with E-state index < -0.39 is 5.79 Å². The Kier molecular flexibility index (Phi) is 2.95. The maximum Gasteiger partial charge on any atom is 0.222 e. The summed E-state index contributed by atoms with van der Waals surface area (Å²) < 4.78 is 0. The number of allylic oxidation sites excluding steroid dienone is 3. The first-order valence-electron chi connectivity index (χ1n) is 8.84. The molecular weight excluding hydrogens is 276 g/mol. The second kappa shape index (κ2) is 4.39. The fourth-order valence-electron chi connectivity index (χ4n) is 6.17. The molecule has 0 spiro atoms. The highest BCUT2D eigenvalue weighted by molar-refractivity contribution is 5.35. The van der Waals surface area contributed by atoms with E-state index in [4.69, 9.17) is 0 Å². The van der Waals surface area contributed by atoms with Crippen LogP contribution >= 0.6 is 0 Å². The van der Waals surface area contributed by atoms with E-state index in [0.717, 1.165) is 25.2 Å². The summed E-state index contributed by atoms with van der Waals surface area (Å²) in [5.41, 5.74) is 1.73. The highest BCUT2D eigenvalue weighted by Crippen LogP contribution is 2.63. The highest BCUT2D eigenvalue weighted by atomic mass is 16.5. The molecule has 122 valence electrons. The van der Waals surface area contributed by atoms with Crippen molar-refractivity contribution in [2.75, 3.05) is 0 Å². The van der Waals surface area contributed by atoms with Crippen molar-refractivity contribution in [2.24, 2.45) is 28.6 Å².